The molecule has 0 fully saturated rings. The second-order valence-electron chi connectivity index (χ2n) is 1.57. The molecular weight excluding hydrogens is 170 g/mol. The number of hydrogen-bond acceptors (Lipinski definition) is 2. The minimum Gasteiger partial charge on any atom is -0.360 e. The van der Waals surface area contributed by atoms with Crippen LogP contribution in [-0.2, 0) is 5.33 Å². The topological polar surface area (TPSA) is 26.0 Å². The molecular formula is C5H6BrNO. The van der Waals surface area contributed by atoms with Crippen LogP contribution in [-0.4, -0.2) is 5.16 Å². The van der Waals surface area contributed by atoms with E-state index in [1.807, 2.05) is 6.92 Å². The maximum absolute atomic E-state index is 4.82. The molecule has 0 amide bonds. The van der Waals surface area contributed by atoms with Crippen LogP contribution in [0.2, 0.25) is 0 Å². The van der Waals surface area contributed by atoms with Gasteiger partial charge in [0.15, 0.2) is 0 Å². The number of rotatable bonds is 1. The summed E-state index contributed by atoms with van der Waals surface area (Å²) < 4.78 is 4.82. The number of alkyl halides is 1. The van der Waals surface area contributed by atoms with E-state index in [9.17, 15) is 0 Å². The Kier molecular flexibility index (Phi) is 1.68. The predicted molar refractivity (Wildman–Crippen MR) is 33.9 cm³/mol. The third-order valence-corrected chi connectivity index (χ3v) is 1.48. The summed E-state index contributed by atoms with van der Waals surface area (Å²) in [5.41, 5.74) is 1.10. The van der Waals surface area contributed by atoms with Gasteiger partial charge >= 0.3 is 0 Å². The zero-order valence-corrected chi connectivity index (χ0v) is 6.10. The molecule has 0 unspecified atom stereocenters. The lowest BCUT2D eigenvalue weighted by molar-refractivity contribution is 0.395. The molecule has 0 aromatic carbocycles. The molecule has 0 aliphatic carbocycles. The van der Waals surface area contributed by atoms with Gasteiger partial charge in [-0.1, -0.05) is 21.1 Å². The Bertz CT molecular complexity index is 173. The summed E-state index contributed by atoms with van der Waals surface area (Å²) in [4.78, 5) is 0. The fraction of sp³-hybridized carbons (Fsp3) is 0.400. The minimum atomic E-state index is 0.749. The smallest absolute Gasteiger partial charge is 0.150 e. The Labute approximate surface area is 56.0 Å². The van der Waals surface area contributed by atoms with Crippen LogP contribution in [0.25, 0.3) is 0 Å². The minimum absolute atomic E-state index is 0.749. The summed E-state index contributed by atoms with van der Waals surface area (Å²) in [6, 6.07) is 0. The van der Waals surface area contributed by atoms with Crippen molar-refractivity contribution in [3.05, 3.63) is 17.5 Å². The van der Waals surface area contributed by atoms with Gasteiger partial charge in [-0.25, -0.2) is 0 Å². The molecule has 0 spiro atoms. The Morgan fingerprint density at radius 3 is 2.88 bits per heavy atom. The summed E-state index contributed by atoms with van der Waals surface area (Å²) in [5.74, 6) is 0.907. The Morgan fingerprint density at radius 1 is 1.88 bits per heavy atom. The van der Waals surface area contributed by atoms with Crippen molar-refractivity contribution < 1.29 is 4.52 Å². The van der Waals surface area contributed by atoms with Crippen molar-refractivity contribution in [2.24, 2.45) is 0 Å². The molecule has 1 aromatic rings. The van der Waals surface area contributed by atoms with Crippen LogP contribution in [0.4, 0.5) is 0 Å². The van der Waals surface area contributed by atoms with Crippen molar-refractivity contribution in [1.82, 2.24) is 5.16 Å². The number of halogens is 1. The molecule has 3 heteroatoms. The zero-order chi connectivity index (χ0) is 5.98. The molecule has 1 aromatic heterocycles. The van der Waals surface area contributed by atoms with Gasteiger partial charge in [-0.3, -0.25) is 0 Å². The van der Waals surface area contributed by atoms with E-state index in [0.29, 0.717) is 0 Å². The van der Waals surface area contributed by atoms with Crippen LogP contribution in [0, 0.1) is 6.92 Å². The van der Waals surface area contributed by atoms with Gasteiger partial charge < -0.3 is 4.52 Å². The number of nitrogens with zero attached hydrogens (tertiary/aromatic N) is 1. The molecule has 1 heterocycles. The molecule has 0 N–H and O–H groups in total. The fourth-order valence-electron chi connectivity index (χ4n) is 0.443. The first-order valence-corrected chi connectivity index (χ1v) is 3.43. The van der Waals surface area contributed by atoms with E-state index in [2.05, 4.69) is 21.1 Å². The Balaban J connectivity index is 2.92. The van der Waals surface area contributed by atoms with Crippen molar-refractivity contribution >= 4 is 15.9 Å². The molecule has 0 atom stereocenters. The van der Waals surface area contributed by atoms with E-state index in [1.54, 1.807) is 6.20 Å². The van der Waals surface area contributed by atoms with Gasteiger partial charge in [-0.2, -0.15) is 0 Å². The third-order valence-electron chi connectivity index (χ3n) is 0.970. The highest BCUT2D eigenvalue weighted by molar-refractivity contribution is 9.08. The van der Waals surface area contributed by atoms with Gasteiger partial charge in [0, 0.05) is 5.56 Å². The summed E-state index contributed by atoms with van der Waals surface area (Å²) >= 11 is 3.25. The van der Waals surface area contributed by atoms with E-state index >= 15 is 0 Å². The Hall–Kier alpha value is -0.310. The van der Waals surface area contributed by atoms with Gasteiger partial charge in [0.1, 0.15) is 5.76 Å². The molecule has 0 saturated carbocycles. The predicted octanol–water partition coefficient (Wildman–Crippen LogP) is 1.88. The van der Waals surface area contributed by atoms with Crippen molar-refractivity contribution in [3.63, 3.8) is 0 Å². The van der Waals surface area contributed by atoms with Crippen LogP contribution in [0.5, 0.6) is 0 Å². The highest BCUT2D eigenvalue weighted by atomic mass is 79.9. The molecule has 44 valence electrons. The second kappa shape index (κ2) is 2.31. The lowest BCUT2D eigenvalue weighted by Crippen LogP contribution is -1.72. The van der Waals surface area contributed by atoms with Crippen LogP contribution in [0.15, 0.2) is 10.7 Å². The highest BCUT2D eigenvalue weighted by Crippen LogP contribution is 2.08. The van der Waals surface area contributed by atoms with Crippen molar-refractivity contribution in [3.8, 4) is 0 Å². The second-order valence-corrected chi connectivity index (χ2v) is 2.13. The largest absolute Gasteiger partial charge is 0.360 e. The van der Waals surface area contributed by atoms with Crippen LogP contribution in [0.1, 0.15) is 11.3 Å². The van der Waals surface area contributed by atoms with Crippen LogP contribution in [0.3, 0.4) is 0 Å². The van der Waals surface area contributed by atoms with E-state index < -0.39 is 0 Å². The molecule has 0 bridgehead atoms. The van der Waals surface area contributed by atoms with E-state index in [4.69, 9.17) is 4.52 Å². The quantitative estimate of drug-likeness (QED) is 0.610. The lowest BCUT2D eigenvalue weighted by atomic mass is 10.3. The van der Waals surface area contributed by atoms with Crippen molar-refractivity contribution in [2.75, 3.05) is 0 Å². The molecule has 0 saturated heterocycles. The van der Waals surface area contributed by atoms with Gasteiger partial charge in [0.25, 0.3) is 0 Å². The van der Waals surface area contributed by atoms with Gasteiger partial charge in [-0.15, -0.1) is 0 Å². The molecule has 0 radical (unpaired) electrons. The van der Waals surface area contributed by atoms with E-state index in [1.165, 1.54) is 0 Å². The average molecular weight is 176 g/mol. The summed E-state index contributed by atoms with van der Waals surface area (Å²) in [7, 11) is 0. The van der Waals surface area contributed by atoms with Gasteiger partial charge in [0.2, 0.25) is 0 Å². The first-order valence-electron chi connectivity index (χ1n) is 2.30. The average Bonchev–Trinajstić information content (AvgIpc) is 2.14. The summed E-state index contributed by atoms with van der Waals surface area (Å²) in [6.07, 6.45) is 1.70. The highest BCUT2D eigenvalue weighted by Gasteiger charge is 1.97. The monoisotopic (exact) mass is 175 g/mol. The molecule has 8 heavy (non-hydrogen) atoms. The summed E-state index contributed by atoms with van der Waals surface area (Å²) in [6.45, 7) is 1.97. The normalized spacial score (nSPS) is 9.75. The van der Waals surface area contributed by atoms with Crippen LogP contribution < -0.4 is 0 Å². The molecule has 1 rings (SSSR count). The van der Waals surface area contributed by atoms with Gasteiger partial charge in [-0.05, 0) is 6.92 Å². The SMILES string of the molecule is Cc1cnoc1CBr. The molecule has 0 aliphatic heterocycles. The van der Waals surface area contributed by atoms with E-state index in [-0.39, 0.29) is 0 Å². The number of hydrogen-bond donors (Lipinski definition) is 0. The van der Waals surface area contributed by atoms with E-state index in [0.717, 1.165) is 16.7 Å². The maximum atomic E-state index is 4.82. The van der Waals surface area contributed by atoms with Crippen molar-refractivity contribution in [1.29, 1.82) is 0 Å². The molecule has 0 aliphatic rings. The third kappa shape index (κ3) is 0.916. The van der Waals surface area contributed by atoms with Crippen LogP contribution >= 0.6 is 15.9 Å². The maximum Gasteiger partial charge on any atom is 0.150 e. The number of aromatic nitrogens is 1. The Morgan fingerprint density at radius 2 is 2.62 bits per heavy atom. The summed E-state index contributed by atoms with van der Waals surface area (Å²) in [5, 5.41) is 4.34. The lowest BCUT2D eigenvalue weighted by Gasteiger charge is -1.82. The number of aryl methyl sites for hydroxylation is 1. The zero-order valence-electron chi connectivity index (χ0n) is 4.52. The van der Waals surface area contributed by atoms with Gasteiger partial charge in [0.05, 0.1) is 11.5 Å². The first kappa shape index (κ1) is 5.82. The standard InChI is InChI=1S/C5H6BrNO/c1-4-3-7-8-5(4)2-6/h3H,2H2,1H3. The fourth-order valence-corrected chi connectivity index (χ4v) is 0.987. The first-order chi connectivity index (χ1) is 3.84. The molecule has 2 nitrogen and oxygen atoms in total. The van der Waals surface area contributed by atoms with Crippen molar-refractivity contribution in [2.45, 2.75) is 12.3 Å².